The predicted octanol–water partition coefficient (Wildman–Crippen LogP) is 2.02. The first kappa shape index (κ1) is 18.0. The SMILES string of the molecule is CCOc1ccc(C(=O)N2CCN(c3cc(-n4cccn4)ncn3)CC2)cc1. The van der Waals surface area contributed by atoms with E-state index in [1.165, 1.54) is 0 Å². The number of benzene rings is 1. The number of aromatic nitrogens is 4. The van der Waals surface area contributed by atoms with Gasteiger partial charge in [-0.1, -0.05) is 0 Å². The molecule has 8 nitrogen and oxygen atoms in total. The Hall–Kier alpha value is -3.42. The van der Waals surface area contributed by atoms with Gasteiger partial charge in [0.05, 0.1) is 6.61 Å². The van der Waals surface area contributed by atoms with Crippen molar-refractivity contribution in [1.29, 1.82) is 0 Å². The molecule has 0 unspecified atom stereocenters. The van der Waals surface area contributed by atoms with Crippen LogP contribution in [0.3, 0.4) is 0 Å². The van der Waals surface area contributed by atoms with E-state index in [9.17, 15) is 4.79 Å². The maximum Gasteiger partial charge on any atom is 0.253 e. The van der Waals surface area contributed by atoms with Gasteiger partial charge in [0, 0.05) is 50.2 Å². The van der Waals surface area contributed by atoms with Gasteiger partial charge in [-0.15, -0.1) is 0 Å². The third-order valence-corrected chi connectivity index (χ3v) is 4.68. The molecule has 1 aliphatic heterocycles. The minimum absolute atomic E-state index is 0.0441. The van der Waals surface area contributed by atoms with E-state index >= 15 is 0 Å². The normalized spacial score (nSPS) is 14.2. The van der Waals surface area contributed by atoms with Crippen LogP contribution in [0.4, 0.5) is 5.82 Å². The smallest absolute Gasteiger partial charge is 0.253 e. The Kier molecular flexibility index (Phi) is 5.18. The summed E-state index contributed by atoms with van der Waals surface area (Å²) >= 11 is 0. The Morgan fingerprint density at radius 3 is 2.50 bits per heavy atom. The molecule has 0 spiro atoms. The zero-order valence-electron chi connectivity index (χ0n) is 15.7. The molecule has 1 aliphatic rings. The molecule has 0 radical (unpaired) electrons. The van der Waals surface area contributed by atoms with Gasteiger partial charge >= 0.3 is 0 Å². The first-order valence-electron chi connectivity index (χ1n) is 9.34. The van der Waals surface area contributed by atoms with Crippen LogP contribution in [0.1, 0.15) is 17.3 Å². The van der Waals surface area contributed by atoms with Crippen LogP contribution in [-0.2, 0) is 0 Å². The van der Waals surface area contributed by atoms with Gasteiger partial charge in [-0.2, -0.15) is 5.10 Å². The summed E-state index contributed by atoms with van der Waals surface area (Å²) in [7, 11) is 0. The molecular formula is C20H22N6O2. The summed E-state index contributed by atoms with van der Waals surface area (Å²) < 4.78 is 7.14. The van der Waals surface area contributed by atoms with Crippen LogP contribution in [-0.4, -0.2) is 63.3 Å². The first-order chi connectivity index (χ1) is 13.7. The number of piperazine rings is 1. The van der Waals surface area contributed by atoms with Gasteiger partial charge in [0.25, 0.3) is 5.91 Å². The van der Waals surface area contributed by atoms with E-state index in [4.69, 9.17) is 4.74 Å². The lowest BCUT2D eigenvalue weighted by Gasteiger charge is -2.35. The number of hydrogen-bond donors (Lipinski definition) is 0. The van der Waals surface area contributed by atoms with E-state index in [0.717, 1.165) is 30.5 Å². The van der Waals surface area contributed by atoms with E-state index in [-0.39, 0.29) is 5.91 Å². The molecule has 3 heterocycles. The zero-order chi connectivity index (χ0) is 19.3. The van der Waals surface area contributed by atoms with Crippen molar-refractivity contribution < 1.29 is 9.53 Å². The van der Waals surface area contributed by atoms with Crippen molar-refractivity contribution in [3.05, 3.63) is 60.7 Å². The lowest BCUT2D eigenvalue weighted by molar-refractivity contribution is 0.0746. The molecule has 8 heteroatoms. The second-order valence-electron chi connectivity index (χ2n) is 6.42. The molecule has 1 saturated heterocycles. The second-order valence-corrected chi connectivity index (χ2v) is 6.42. The highest BCUT2D eigenvalue weighted by Crippen LogP contribution is 2.18. The number of carbonyl (C=O) groups is 1. The number of hydrogen-bond acceptors (Lipinski definition) is 6. The quantitative estimate of drug-likeness (QED) is 0.676. The summed E-state index contributed by atoms with van der Waals surface area (Å²) in [6.07, 6.45) is 5.11. The van der Waals surface area contributed by atoms with E-state index in [2.05, 4.69) is 20.0 Å². The monoisotopic (exact) mass is 378 g/mol. The van der Waals surface area contributed by atoms with Crippen molar-refractivity contribution >= 4 is 11.7 Å². The average molecular weight is 378 g/mol. The van der Waals surface area contributed by atoms with Gasteiger partial charge in [-0.25, -0.2) is 14.6 Å². The Morgan fingerprint density at radius 1 is 1.07 bits per heavy atom. The maximum absolute atomic E-state index is 12.8. The third kappa shape index (κ3) is 3.80. The van der Waals surface area contributed by atoms with Crippen molar-refractivity contribution in [1.82, 2.24) is 24.6 Å². The third-order valence-electron chi connectivity index (χ3n) is 4.68. The van der Waals surface area contributed by atoms with E-state index in [0.29, 0.717) is 25.3 Å². The molecule has 0 atom stereocenters. The molecule has 0 bridgehead atoms. The first-order valence-corrected chi connectivity index (χ1v) is 9.34. The Balaban J connectivity index is 1.39. The van der Waals surface area contributed by atoms with E-state index in [1.807, 2.05) is 54.4 Å². The lowest BCUT2D eigenvalue weighted by Crippen LogP contribution is -2.49. The van der Waals surface area contributed by atoms with Crippen molar-refractivity contribution in [3.8, 4) is 11.6 Å². The fraction of sp³-hybridized carbons (Fsp3) is 0.300. The van der Waals surface area contributed by atoms with Gasteiger partial charge in [-0.3, -0.25) is 4.79 Å². The summed E-state index contributed by atoms with van der Waals surface area (Å²) in [6.45, 7) is 5.28. The van der Waals surface area contributed by atoms with Crippen molar-refractivity contribution in [2.45, 2.75) is 6.92 Å². The van der Waals surface area contributed by atoms with Gasteiger partial charge in [0.15, 0.2) is 5.82 Å². The van der Waals surface area contributed by atoms with Crippen molar-refractivity contribution in [3.63, 3.8) is 0 Å². The van der Waals surface area contributed by atoms with Crippen molar-refractivity contribution in [2.24, 2.45) is 0 Å². The number of rotatable bonds is 5. The number of anilines is 1. The molecule has 0 aliphatic carbocycles. The topological polar surface area (TPSA) is 76.4 Å². The maximum atomic E-state index is 12.8. The second kappa shape index (κ2) is 8.08. The van der Waals surface area contributed by atoms with Gasteiger partial charge in [0.2, 0.25) is 0 Å². The number of nitrogens with zero attached hydrogens (tertiary/aromatic N) is 6. The fourth-order valence-electron chi connectivity index (χ4n) is 3.22. The molecular weight excluding hydrogens is 356 g/mol. The fourth-order valence-corrected chi connectivity index (χ4v) is 3.22. The molecule has 3 aromatic rings. The van der Waals surface area contributed by atoms with Crippen LogP contribution < -0.4 is 9.64 Å². The Morgan fingerprint density at radius 2 is 1.82 bits per heavy atom. The van der Waals surface area contributed by atoms with Gasteiger partial charge < -0.3 is 14.5 Å². The number of carbonyl (C=O) groups excluding carboxylic acids is 1. The summed E-state index contributed by atoms with van der Waals surface area (Å²) in [6, 6.07) is 11.1. The summed E-state index contributed by atoms with van der Waals surface area (Å²) in [5, 5.41) is 4.21. The van der Waals surface area contributed by atoms with Gasteiger partial charge in [0.1, 0.15) is 17.9 Å². The lowest BCUT2D eigenvalue weighted by atomic mass is 10.1. The highest BCUT2D eigenvalue weighted by Gasteiger charge is 2.23. The van der Waals surface area contributed by atoms with Crippen molar-refractivity contribution in [2.75, 3.05) is 37.7 Å². The molecule has 4 rings (SSSR count). The molecule has 1 amide bonds. The Bertz CT molecular complexity index is 918. The molecule has 0 saturated carbocycles. The molecule has 0 N–H and O–H groups in total. The predicted molar refractivity (Wildman–Crippen MR) is 105 cm³/mol. The summed E-state index contributed by atoms with van der Waals surface area (Å²) in [5.74, 6) is 2.39. The highest BCUT2D eigenvalue weighted by molar-refractivity contribution is 5.94. The molecule has 28 heavy (non-hydrogen) atoms. The number of amides is 1. The largest absolute Gasteiger partial charge is 0.494 e. The van der Waals surface area contributed by atoms with E-state index < -0.39 is 0 Å². The minimum Gasteiger partial charge on any atom is -0.494 e. The summed E-state index contributed by atoms with van der Waals surface area (Å²) in [4.78, 5) is 25.4. The van der Waals surface area contributed by atoms with Crippen LogP contribution >= 0.6 is 0 Å². The number of ether oxygens (including phenoxy) is 1. The average Bonchev–Trinajstić information content (AvgIpc) is 3.29. The van der Waals surface area contributed by atoms with Crippen LogP contribution in [0.25, 0.3) is 5.82 Å². The molecule has 144 valence electrons. The standard InChI is InChI=1S/C20H22N6O2/c1-2-28-17-6-4-16(5-7-17)20(27)25-12-10-24(11-13-25)18-14-19(22-15-21-18)26-9-3-8-23-26/h3-9,14-15H,2,10-13H2,1H3. The summed E-state index contributed by atoms with van der Waals surface area (Å²) in [5.41, 5.74) is 0.680. The molecule has 1 aromatic carbocycles. The van der Waals surface area contributed by atoms with Crippen LogP contribution in [0, 0.1) is 0 Å². The highest BCUT2D eigenvalue weighted by atomic mass is 16.5. The Labute approximate surface area is 163 Å². The van der Waals surface area contributed by atoms with Crippen LogP contribution in [0.5, 0.6) is 5.75 Å². The van der Waals surface area contributed by atoms with Crippen LogP contribution in [0.15, 0.2) is 55.1 Å². The molecule has 1 fully saturated rings. The van der Waals surface area contributed by atoms with E-state index in [1.54, 1.807) is 17.2 Å². The van der Waals surface area contributed by atoms with Crippen LogP contribution in [0.2, 0.25) is 0 Å². The molecule has 2 aromatic heterocycles. The van der Waals surface area contributed by atoms with Gasteiger partial charge in [-0.05, 0) is 37.3 Å². The zero-order valence-corrected chi connectivity index (χ0v) is 15.7. The minimum atomic E-state index is 0.0441.